The SMILES string of the molecule is CC(C)N1CCCC1c1cccs1.CC(C)N1CCN(C(=O)CCC(=O)c2cc(Cl)ccn2)CC1.CC(C)N1CCN(CCc2ccccc2)CC1.CC(C)N1CCN(Cc2ccccc2)C(C#N)C1.Cc1cc(C2CCCN2C(C)C)no1.Cc1cc(C2CCCN2C(C)C)no1. The number of Topliss-reactive ketones (excluding diaryl/α,β-unsaturated/α-hetero) is 1. The second-order valence-corrected chi connectivity index (χ2v) is 30.3. The van der Waals surface area contributed by atoms with Gasteiger partial charge >= 0.3 is 0 Å². The van der Waals surface area contributed by atoms with Crippen molar-refractivity contribution >= 4 is 34.6 Å². The molecular formula is C79H120ClN13O4S. The predicted molar refractivity (Wildman–Crippen MR) is 401 cm³/mol. The number of rotatable bonds is 18. The van der Waals surface area contributed by atoms with Crippen molar-refractivity contribution in [1.82, 2.24) is 59.4 Å². The first-order chi connectivity index (χ1) is 47.1. The van der Waals surface area contributed by atoms with Gasteiger partial charge in [0.1, 0.15) is 34.6 Å². The number of thiophene rings is 1. The van der Waals surface area contributed by atoms with Crippen LogP contribution in [0.25, 0.3) is 0 Å². The summed E-state index contributed by atoms with van der Waals surface area (Å²) in [7, 11) is 0. The number of hydrogen-bond acceptors (Lipinski definition) is 17. The molecule has 6 aliphatic heterocycles. The second kappa shape index (κ2) is 41.3. The molecule has 12 rings (SSSR count). The van der Waals surface area contributed by atoms with Crippen molar-refractivity contribution in [2.24, 2.45) is 0 Å². The van der Waals surface area contributed by atoms with Crippen LogP contribution in [0.4, 0.5) is 0 Å². The molecule has 17 nitrogen and oxygen atoms in total. The highest BCUT2D eigenvalue weighted by Crippen LogP contribution is 2.37. The minimum absolute atomic E-state index is 0.0151. The molecule has 4 unspecified atom stereocenters. The number of halogens is 1. The third-order valence-corrected chi connectivity index (χ3v) is 21.2. The number of carbonyl (C=O) groups is 2. The molecule has 0 radical (unpaired) electrons. The van der Waals surface area contributed by atoms with Crippen molar-refractivity contribution in [2.45, 2.75) is 222 Å². The van der Waals surface area contributed by atoms with Gasteiger partial charge in [-0.3, -0.25) is 48.9 Å². The lowest BCUT2D eigenvalue weighted by Crippen LogP contribution is -2.53. The summed E-state index contributed by atoms with van der Waals surface area (Å²) in [6.45, 7) is 47.6. The number of benzene rings is 2. The minimum atomic E-state index is -0.142. The molecule has 6 saturated heterocycles. The van der Waals surface area contributed by atoms with E-state index in [1.54, 1.807) is 10.9 Å². The summed E-state index contributed by atoms with van der Waals surface area (Å²) < 4.78 is 10.3. The van der Waals surface area contributed by atoms with E-state index in [0.29, 0.717) is 65.1 Å². The normalized spacial score (nSPS) is 20.9. The molecule has 0 bridgehead atoms. The maximum absolute atomic E-state index is 12.2. The number of hydrogen-bond donors (Lipinski definition) is 0. The molecule has 538 valence electrons. The smallest absolute Gasteiger partial charge is 0.223 e. The second-order valence-electron chi connectivity index (χ2n) is 28.9. The van der Waals surface area contributed by atoms with Gasteiger partial charge in [0.05, 0.1) is 18.2 Å². The Morgan fingerprint density at radius 1 is 0.561 bits per heavy atom. The van der Waals surface area contributed by atoms with Gasteiger partial charge in [-0.1, -0.05) is 88.6 Å². The highest BCUT2D eigenvalue weighted by Gasteiger charge is 2.33. The number of pyridine rings is 1. The fraction of sp³-hybridized carbons (Fsp3) is 0.620. The molecule has 0 saturated carbocycles. The number of nitrogens with zero attached hydrogens (tertiary/aromatic N) is 13. The number of aromatic nitrogens is 3. The quantitative estimate of drug-likeness (QED) is 0.0750. The molecule has 6 fully saturated rings. The number of piperazine rings is 3. The standard InChI is InChI=1S/C16H22ClN3O2.C15H21N3.C15H24N2.2C11H18N2O.C11H17NS/c1-12(2)19-7-9-20(10-8-19)16(22)4-3-15(21)14-11-13(17)5-6-18-14;1-13(2)17-8-9-18(15(10-16)12-17)11-14-6-4-3-5-7-14;1-14(2)17-12-10-16(11-13-17)9-8-15-6-4-3-5-7-15;2*1-8(2)13-6-4-5-11(13)10-7-9(3)14-12-10;1-9(2)12-7-3-5-10(12)11-6-4-8-13-11/h5-6,11-12H,3-4,7-10H2,1-2H3;3-7,13,15H,8-9,11-12H2,1-2H3;3-7,14H,8-13H2,1-2H3;2*7-8,11H,4-6H2,1-3H3;4,6,8-10H,3,5,7H2,1-2H3. The highest BCUT2D eigenvalue weighted by molar-refractivity contribution is 7.10. The molecule has 98 heavy (non-hydrogen) atoms. The average Bonchev–Trinajstić information content (AvgIpc) is 1.26. The van der Waals surface area contributed by atoms with E-state index >= 15 is 0 Å². The molecular weight excluding hydrogens is 1260 g/mol. The minimum Gasteiger partial charge on any atom is -0.361 e. The van der Waals surface area contributed by atoms with E-state index in [9.17, 15) is 14.9 Å². The van der Waals surface area contributed by atoms with Crippen molar-refractivity contribution in [3.63, 3.8) is 0 Å². The van der Waals surface area contributed by atoms with Crippen LogP contribution in [0.5, 0.6) is 0 Å². The van der Waals surface area contributed by atoms with Gasteiger partial charge in [-0.2, -0.15) is 5.26 Å². The zero-order chi connectivity index (χ0) is 70.7. The Morgan fingerprint density at radius 2 is 1.05 bits per heavy atom. The fourth-order valence-corrected chi connectivity index (χ4v) is 15.2. The summed E-state index contributed by atoms with van der Waals surface area (Å²) in [5.74, 6) is 1.72. The molecule has 0 N–H and O–H groups in total. The Hall–Kier alpha value is -5.69. The van der Waals surface area contributed by atoms with Gasteiger partial charge in [-0.05, 0) is 196 Å². The number of carbonyl (C=O) groups excluding carboxylic acids is 2. The molecule has 1 amide bonds. The van der Waals surface area contributed by atoms with Crippen LogP contribution >= 0.6 is 22.9 Å². The third-order valence-electron chi connectivity index (χ3n) is 20.0. The van der Waals surface area contributed by atoms with Gasteiger partial charge in [-0.15, -0.1) is 11.3 Å². The third kappa shape index (κ3) is 25.4. The Balaban J connectivity index is 0.000000167. The Morgan fingerprint density at radius 3 is 1.51 bits per heavy atom. The van der Waals surface area contributed by atoms with E-state index in [2.05, 4.69) is 228 Å². The van der Waals surface area contributed by atoms with Crippen LogP contribution in [-0.4, -0.2) is 212 Å². The van der Waals surface area contributed by atoms with Crippen molar-refractivity contribution < 1.29 is 18.6 Å². The van der Waals surface area contributed by atoms with Crippen molar-refractivity contribution in [3.8, 4) is 6.07 Å². The molecule has 0 spiro atoms. The van der Waals surface area contributed by atoms with Crippen LogP contribution in [0.2, 0.25) is 5.02 Å². The van der Waals surface area contributed by atoms with E-state index in [-0.39, 0.29) is 30.6 Å². The highest BCUT2D eigenvalue weighted by atomic mass is 35.5. The largest absolute Gasteiger partial charge is 0.361 e. The van der Waals surface area contributed by atoms with Gasteiger partial charge < -0.3 is 18.8 Å². The number of nitriles is 1. The van der Waals surface area contributed by atoms with Gasteiger partial charge in [0.15, 0.2) is 5.78 Å². The van der Waals surface area contributed by atoms with E-state index < -0.39 is 0 Å². The molecule has 4 aromatic heterocycles. The average molecular weight is 1380 g/mol. The molecule has 10 heterocycles. The van der Waals surface area contributed by atoms with E-state index in [4.69, 9.17) is 20.6 Å². The molecule has 19 heteroatoms. The van der Waals surface area contributed by atoms with Crippen molar-refractivity contribution in [1.29, 1.82) is 5.26 Å². The van der Waals surface area contributed by atoms with Gasteiger partial charge in [-0.25, -0.2) is 0 Å². The fourth-order valence-electron chi connectivity index (χ4n) is 14.2. The Labute approximate surface area is 598 Å². The number of aryl methyl sites for hydroxylation is 2. The predicted octanol–water partition coefficient (Wildman–Crippen LogP) is 15.0. The van der Waals surface area contributed by atoms with Crippen molar-refractivity contribution in [3.05, 3.63) is 158 Å². The summed E-state index contributed by atoms with van der Waals surface area (Å²) in [6.07, 6.45) is 10.8. The molecule has 4 atom stereocenters. The molecule has 6 aromatic rings. The summed E-state index contributed by atoms with van der Waals surface area (Å²) >= 11 is 7.74. The van der Waals surface area contributed by atoms with Gasteiger partial charge in [0.25, 0.3) is 0 Å². The zero-order valence-corrected chi connectivity index (χ0v) is 63.6. The van der Waals surface area contributed by atoms with Gasteiger partial charge in [0.2, 0.25) is 5.91 Å². The molecule has 2 aromatic carbocycles. The summed E-state index contributed by atoms with van der Waals surface area (Å²) in [5.41, 5.74) is 5.28. The van der Waals surface area contributed by atoms with E-state index in [1.165, 1.54) is 121 Å². The lowest BCUT2D eigenvalue weighted by atomic mass is 10.1. The van der Waals surface area contributed by atoms with Gasteiger partial charge in [0, 0.05) is 168 Å². The zero-order valence-electron chi connectivity index (χ0n) is 62.1. The van der Waals surface area contributed by atoms with Crippen LogP contribution in [0.1, 0.15) is 202 Å². The lowest BCUT2D eigenvalue weighted by Gasteiger charge is -2.40. The first-order valence-electron chi connectivity index (χ1n) is 36.8. The number of ketones is 1. The Kier molecular flexibility index (Phi) is 33.5. The van der Waals surface area contributed by atoms with E-state index in [1.807, 2.05) is 36.2 Å². The number of amides is 1. The van der Waals surface area contributed by atoms with Crippen LogP contribution < -0.4 is 0 Å². The monoisotopic (exact) mass is 1380 g/mol. The van der Waals surface area contributed by atoms with Crippen LogP contribution in [0.3, 0.4) is 0 Å². The molecule has 0 aliphatic carbocycles. The maximum atomic E-state index is 12.2. The molecule has 6 aliphatic rings. The van der Waals surface area contributed by atoms with Crippen LogP contribution in [0, 0.1) is 25.2 Å². The first-order valence-corrected chi connectivity index (χ1v) is 38.1. The van der Waals surface area contributed by atoms with Crippen LogP contribution in [0.15, 0.2) is 118 Å². The Bertz CT molecular complexity index is 3170. The summed E-state index contributed by atoms with van der Waals surface area (Å²) in [5, 5.41) is 20.2. The van der Waals surface area contributed by atoms with E-state index in [0.717, 1.165) is 75.3 Å². The summed E-state index contributed by atoms with van der Waals surface area (Å²) in [4.78, 5) is 51.4. The first kappa shape index (κ1) is 79.6. The lowest BCUT2D eigenvalue weighted by molar-refractivity contribution is -0.133. The van der Waals surface area contributed by atoms with Crippen molar-refractivity contribution in [2.75, 3.05) is 98.2 Å². The summed E-state index contributed by atoms with van der Waals surface area (Å²) in [6, 6.07) is 40.7. The topological polar surface area (TPSA) is 152 Å². The maximum Gasteiger partial charge on any atom is 0.223 e. The van der Waals surface area contributed by atoms with Crippen LogP contribution in [-0.2, 0) is 17.8 Å². The number of likely N-dealkylation sites (tertiary alicyclic amines) is 3.